The first-order valence-electron chi connectivity index (χ1n) is 6.19. The third-order valence-electron chi connectivity index (χ3n) is 3.14. The van der Waals surface area contributed by atoms with Gasteiger partial charge in [0.15, 0.2) is 0 Å². The molecule has 0 atom stereocenters. The monoisotopic (exact) mass is 334 g/mol. The zero-order valence-corrected chi connectivity index (χ0v) is 12.5. The van der Waals surface area contributed by atoms with Crippen LogP contribution in [-0.4, -0.2) is 28.1 Å². The van der Waals surface area contributed by atoms with Gasteiger partial charge in [0, 0.05) is 10.6 Å². The van der Waals surface area contributed by atoms with Crippen LogP contribution in [0.4, 0.5) is 0 Å². The van der Waals surface area contributed by atoms with Crippen LogP contribution >= 0.6 is 23.2 Å². The molecule has 0 aromatic heterocycles. The van der Waals surface area contributed by atoms with E-state index in [1.54, 1.807) is 24.3 Å². The van der Waals surface area contributed by atoms with Crippen molar-refractivity contribution in [1.29, 1.82) is 0 Å². The highest BCUT2D eigenvalue weighted by atomic mass is 35.5. The normalized spacial score (nSPS) is 14.0. The number of carbonyl (C=O) groups is 2. The number of hydrazone groups is 1. The number of imide groups is 1. The van der Waals surface area contributed by atoms with E-state index in [2.05, 4.69) is 5.10 Å². The lowest BCUT2D eigenvalue weighted by molar-refractivity contribution is 0.0660. The zero-order chi connectivity index (χ0) is 15.9. The van der Waals surface area contributed by atoms with Gasteiger partial charge in [-0.3, -0.25) is 9.59 Å². The smallest absolute Gasteiger partial charge is 0.282 e. The molecule has 110 valence electrons. The van der Waals surface area contributed by atoms with E-state index >= 15 is 0 Å². The maximum absolute atomic E-state index is 12.1. The summed E-state index contributed by atoms with van der Waals surface area (Å²) in [6.07, 6.45) is 1.16. The number of hydrogen-bond donors (Lipinski definition) is 1. The quantitative estimate of drug-likeness (QED) is 0.676. The second-order valence-electron chi connectivity index (χ2n) is 4.54. The number of phenolic OH excluding ortho intramolecular Hbond substituents is 1. The minimum atomic E-state index is -0.524. The zero-order valence-electron chi connectivity index (χ0n) is 11.0. The summed E-state index contributed by atoms with van der Waals surface area (Å²) in [6, 6.07) is 9.24. The maximum atomic E-state index is 12.1. The van der Waals surface area contributed by atoms with E-state index in [0.717, 1.165) is 11.2 Å². The topological polar surface area (TPSA) is 70.0 Å². The Kier molecular flexibility index (Phi) is 3.60. The predicted octanol–water partition coefficient (Wildman–Crippen LogP) is 3.33. The van der Waals surface area contributed by atoms with Gasteiger partial charge in [-0.25, -0.2) is 0 Å². The fraction of sp³-hybridized carbons (Fsp3) is 0. The van der Waals surface area contributed by atoms with Crippen LogP contribution in [0.2, 0.25) is 10.0 Å². The first-order chi connectivity index (χ1) is 10.5. The average molecular weight is 335 g/mol. The van der Waals surface area contributed by atoms with Crippen molar-refractivity contribution in [3.63, 3.8) is 0 Å². The Labute approximate surface area is 135 Å². The van der Waals surface area contributed by atoms with Crippen molar-refractivity contribution in [1.82, 2.24) is 5.01 Å². The molecule has 0 spiro atoms. The second-order valence-corrected chi connectivity index (χ2v) is 5.38. The van der Waals surface area contributed by atoms with Crippen molar-refractivity contribution in [2.24, 2.45) is 5.10 Å². The van der Waals surface area contributed by atoms with Crippen LogP contribution < -0.4 is 0 Å². The molecule has 2 amide bonds. The summed E-state index contributed by atoms with van der Waals surface area (Å²) in [6.45, 7) is 0. The summed E-state index contributed by atoms with van der Waals surface area (Å²) < 4.78 is 0. The van der Waals surface area contributed by atoms with E-state index in [1.807, 2.05) is 0 Å². The number of aromatic hydroxyl groups is 1. The van der Waals surface area contributed by atoms with Crippen molar-refractivity contribution in [2.45, 2.75) is 0 Å². The van der Waals surface area contributed by atoms with Crippen LogP contribution in [0.3, 0.4) is 0 Å². The van der Waals surface area contributed by atoms with Gasteiger partial charge in [-0.05, 0) is 24.3 Å². The molecule has 0 bridgehead atoms. The summed E-state index contributed by atoms with van der Waals surface area (Å²) in [5.74, 6) is -1.28. The minimum absolute atomic E-state index is 0.0521. The molecule has 0 unspecified atom stereocenters. The standard InChI is InChI=1S/C15H8Cl2N2O3/c16-9-5-8(13(20)12(17)6-9)7-18-19-14(21)10-3-1-2-4-11(10)15(19)22/h1-7,20H/b18-7-. The first kappa shape index (κ1) is 14.6. The van der Waals surface area contributed by atoms with Crippen LogP contribution in [0.15, 0.2) is 41.5 Å². The lowest BCUT2D eigenvalue weighted by Crippen LogP contribution is -2.24. The van der Waals surface area contributed by atoms with Gasteiger partial charge in [0.25, 0.3) is 11.8 Å². The fourth-order valence-corrected chi connectivity index (χ4v) is 2.59. The predicted molar refractivity (Wildman–Crippen MR) is 82.7 cm³/mol. The van der Waals surface area contributed by atoms with Gasteiger partial charge in [-0.2, -0.15) is 10.1 Å². The summed E-state index contributed by atoms with van der Waals surface area (Å²) in [7, 11) is 0. The molecule has 1 heterocycles. The van der Waals surface area contributed by atoms with E-state index in [-0.39, 0.29) is 27.5 Å². The van der Waals surface area contributed by atoms with Gasteiger partial charge in [-0.15, -0.1) is 0 Å². The van der Waals surface area contributed by atoms with Crippen molar-refractivity contribution in [2.75, 3.05) is 0 Å². The van der Waals surface area contributed by atoms with E-state index in [9.17, 15) is 14.7 Å². The van der Waals surface area contributed by atoms with Gasteiger partial charge < -0.3 is 5.11 Å². The molecule has 2 aromatic carbocycles. The second kappa shape index (κ2) is 5.44. The van der Waals surface area contributed by atoms with Gasteiger partial charge in [0.05, 0.1) is 22.4 Å². The Morgan fingerprint density at radius 2 is 1.64 bits per heavy atom. The van der Waals surface area contributed by atoms with E-state index in [4.69, 9.17) is 23.2 Å². The highest BCUT2D eigenvalue weighted by Gasteiger charge is 2.35. The molecule has 3 rings (SSSR count). The SMILES string of the molecule is O=C1c2ccccc2C(=O)N1/N=C\c1cc(Cl)cc(Cl)c1O. The lowest BCUT2D eigenvalue weighted by Gasteiger charge is -2.07. The number of phenols is 1. The molecular weight excluding hydrogens is 327 g/mol. The summed E-state index contributed by atoms with van der Waals surface area (Å²) in [5, 5.41) is 14.8. The summed E-state index contributed by atoms with van der Waals surface area (Å²) >= 11 is 11.6. The average Bonchev–Trinajstić information content (AvgIpc) is 2.74. The molecule has 22 heavy (non-hydrogen) atoms. The van der Waals surface area contributed by atoms with E-state index in [0.29, 0.717) is 5.02 Å². The molecule has 0 aliphatic carbocycles. The van der Waals surface area contributed by atoms with Crippen molar-refractivity contribution in [3.8, 4) is 5.75 Å². The molecule has 1 aliphatic heterocycles. The first-order valence-corrected chi connectivity index (χ1v) is 6.94. The Balaban J connectivity index is 1.95. The van der Waals surface area contributed by atoms with Crippen molar-refractivity contribution < 1.29 is 14.7 Å². The van der Waals surface area contributed by atoms with Gasteiger partial charge in [0.1, 0.15) is 5.75 Å². The number of amides is 2. The maximum Gasteiger partial charge on any atom is 0.282 e. The largest absolute Gasteiger partial charge is 0.506 e. The Morgan fingerprint density at radius 1 is 1.05 bits per heavy atom. The molecule has 0 saturated carbocycles. The highest BCUT2D eigenvalue weighted by molar-refractivity contribution is 6.36. The number of carbonyl (C=O) groups excluding carboxylic acids is 2. The van der Waals surface area contributed by atoms with Crippen LogP contribution in [0.25, 0.3) is 0 Å². The van der Waals surface area contributed by atoms with Gasteiger partial charge in [0.2, 0.25) is 0 Å². The molecule has 2 aromatic rings. The Hall–Kier alpha value is -2.37. The van der Waals surface area contributed by atoms with Gasteiger partial charge in [-0.1, -0.05) is 35.3 Å². The summed E-state index contributed by atoms with van der Waals surface area (Å²) in [5.41, 5.74) is 0.782. The van der Waals surface area contributed by atoms with E-state index < -0.39 is 11.8 Å². The number of halogens is 2. The number of benzene rings is 2. The fourth-order valence-electron chi connectivity index (χ4n) is 2.09. The minimum Gasteiger partial charge on any atom is -0.506 e. The van der Waals surface area contributed by atoms with Crippen LogP contribution in [0.1, 0.15) is 26.3 Å². The molecule has 0 fully saturated rings. The molecule has 1 N–H and O–H groups in total. The third-order valence-corrected chi connectivity index (χ3v) is 3.65. The Morgan fingerprint density at radius 3 is 2.23 bits per heavy atom. The number of rotatable bonds is 2. The van der Waals surface area contributed by atoms with Crippen LogP contribution in [0.5, 0.6) is 5.75 Å². The molecule has 1 aliphatic rings. The van der Waals surface area contributed by atoms with Crippen LogP contribution in [0, 0.1) is 0 Å². The van der Waals surface area contributed by atoms with Crippen molar-refractivity contribution >= 4 is 41.2 Å². The van der Waals surface area contributed by atoms with Crippen LogP contribution in [-0.2, 0) is 0 Å². The third kappa shape index (κ3) is 2.34. The van der Waals surface area contributed by atoms with E-state index in [1.165, 1.54) is 12.1 Å². The molecular formula is C15H8Cl2N2O3. The van der Waals surface area contributed by atoms with Crippen molar-refractivity contribution in [3.05, 3.63) is 63.1 Å². The molecule has 0 saturated heterocycles. The number of nitrogens with zero attached hydrogens (tertiary/aromatic N) is 2. The Bertz CT molecular complexity index is 799. The molecule has 7 heteroatoms. The highest BCUT2D eigenvalue weighted by Crippen LogP contribution is 2.30. The molecule has 0 radical (unpaired) electrons. The van der Waals surface area contributed by atoms with Gasteiger partial charge >= 0.3 is 0 Å². The molecule has 5 nitrogen and oxygen atoms in total. The summed E-state index contributed by atoms with van der Waals surface area (Å²) in [4.78, 5) is 24.2. The number of hydrogen-bond acceptors (Lipinski definition) is 4. The lowest BCUT2D eigenvalue weighted by atomic mass is 10.1. The number of fused-ring (bicyclic) bond motifs is 1.